The van der Waals surface area contributed by atoms with Crippen LogP contribution in [-0.4, -0.2) is 49.1 Å². The molecule has 1 N–H and O–H groups in total. The lowest BCUT2D eigenvalue weighted by Crippen LogP contribution is -2.39. The molecule has 1 unspecified atom stereocenters. The number of aromatic nitrogens is 2. The van der Waals surface area contributed by atoms with Crippen LogP contribution in [-0.2, 0) is 23.1 Å². The van der Waals surface area contributed by atoms with Crippen molar-refractivity contribution in [1.29, 1.82) is 0 Å². The Morgan fingerprint density at radius 1 is 1.31 bits per heavy atom. The number of ether oxygens (including phenoxy) is 1. The summed E-state index contributed by atoms with van der Waals surface area (Å²) in [6.45, 7) is 4.48. The van der Waals surface area contributed by atoms with E-state index in [4.69, 9.17) is 4.74 Å². The maximum Gasteiger partial charge on any atom is 0.211 e. The Morgan fingerprint density at radius 3 is 2.88 bits per heavy atom. The van der Waals surface area contributed by atoms with E-state index < -0.39 is 10.0 Å². The van der Waals surface area contributed by atoms with E-state index in [0.29, 0.717) is 13.0 Å². The fraction of sp³-hybridized carbons (Fsp3) is 0.500. The lowest BCUT2D eigenvalue weighted by molar-refractivity contribution is 0.160. The van der Waals surface area contributed by atoms with E-state index in [-0.39, 0.29) is 11.8 Å². The first-order valence-corrected chi connectivity index (χ1v) is 10.5. The van der Waals surface area contributed by atoms with Gasteiger partial charge in [0.1, 0.15) is 5.75 Å². The van der Waals surface area contributed by atoms with Gasteiger partial charge in [-0.15, -0.1) is 0 Å². The van der Waals surface area contributed by atoms with Gasteiger partial charge < -0.3 is 4.74 Å². The molecule has 7 nitrogen and oxygen atoms in total. The van der Waals surface area contributed by atoms with Crippen LogP contribution in [0.2, 0.25) is 0 Å². The SMILES string of the molecule is CCS(=O)(=O)NCCC1CN(Cc2ccccc2OC)Cc2ccnn21. The van der Waals surface area contributed by atoms with Crippen LogP contribution in [0, 0.1) is 0 Å². The number of methoxy groups -OCH3 is 1. The van der Waals surface area contributed by atoms with Crippen LogP contribution in [0.1, 0.15) is 30.6 Å². The van der Waals surface area contributed by atoms with Gasteiger partial charge in [-0.3, -0.25) is 9.58 Å². The van der Waals surface area contributed by atoms with Crippen molar-refractivity contribution in [2.45, 2.75) is 32.5 Å². The van der Waals surface area contributed by atoms with Crippen molar-refractivity contribution in [2.75, 3.05) is 26.0 Å². The number of benzene rings is 1. The quantitative estimate of drug-likeness (QED) is 0.758. The van der Waals surface area contributed by atoms with Gasteiger partial charge in [-0.05, 0) is 25.5 Å². The second-order valence-electron chi connectivity index (χ2n) is 6.49. The maximum atomic E-state index is 11.7. The van der Waals surface area contributed by atoms with Crippen LogP contribution in [0.5, 0.6) is 5.75 Å². The highest BCUT2D eigenvalue weighted by molar-refractivity contribution is 7.89. The van der Waals surface area contributed by atoms with Gasteiger partial charge in [0.05, 0.1) is 24.6 Å². The smallest absolute Gasteiger partial charge is 0.211 e. The predicted octanol–water partition coefficient (Wildman–Crippen LogP) is 1.78. The third kappa shape index (κ3) is 4.44. The molecule has 1 aliphatic rings. The van der Waals surface area contributed by atoms with Gasteiger partial charge >= 0.3 is 0 Å². The van der Waals surface area contributed by atoms with Gasteiger partial charge in [0.15, 0.2) is 0 Å². The Morgan fingerprint density at radius 2 is 2.12 bits per heavy atom. The molecule has 1 aromatic heterocycles. The molecule has 1 atom stereocenters. The summed E-state index contributed by atoms with van der Waals surface area (Å²) in [4.78, 5) is 2.36. The number of fused-ring (bicyclic) bond motifs is 1. The molecule has 0 fully saturated rings. The van der Waals surface area contributed by atoms with Crippen LogP contribution >= 0.6 is 0 Å². The van der Waals surface area contributed by atoms with Crippen molar-refractivity contribution in [3.05, 3.63) is 47.8 Å². The second kappa shape index (κ2) is 8.20. The topological polar surface area (TPSA) is 76.5 Å². The number of sulfonamides is 1. The average molecular weight is 378 g/mol. The highest BCUT2D eigenvalue weighted by atomic mass is 32.2. The molecule has 1 aliphatic heterocycles. The normalized spacial score (nSPS) is 17.8. The molecule has 8 heteroatoms. The molecule has 0 spiro atoms. The number of hydrogen-bond donors (Lipinski definition) is 1. The van der Waals surface area contributed by atoms with Crippen molar-refractivity contribution < 1.29 is 13.2 Å². The van der Waals surface area contributed by atoms with Gasteiger partial charge in [-0.25, -0.2) is 13.1 Å². The van der Waals surface area contributed by atoms with Crippen LogP contribution in [0.4, 0.5) is 0 Å². The third-order valence-electron chi connectivity index (χ3n) is 4.72. The number of nitrogens with one attached hydrogen (secondary N) is 1. The van der Waals surface area contributed by atoms with Crippen LogP contribution in [0.3, 0.4) is 0 Å². The summed E-state index contributed by atoms with van der Waals surface area (Å²) in [6, 6.07) is 10.2. The van der Waals surface area contributed by atoms with Crippen molar-refractivity contribution in [3.8, 4) is 5.75 Å². The first kappa shape index (κ1) is 18.9. The van der Waals surface area contributed by atoms with Crippen LogP contribution in [0.15, 0.2) is 36.5 Å². The summed E-state index contributed by atoms with van der Waals surface area (Å²) in [7, 11) is -1.48. The van der Waals surface area contributed by atoms with Gasteiger partial charge in [-0.2, -0.15) is 5.10 Å². The maximum absolute atomic E-state index is 11.7. The van der Waals surface area contributed by atoms with Crippen molar-refractivity contribution in [3.63, 3.8) is 0 Å². The van der Waals surface area contributed by atoms with E-state index in [1.54, 1.807) is 14.0 Å². The second-order valence-corrected chi connectivity index (χ2v) is 8.58. The van der Waals surface area contributed by atoms with Crippen molar-refractivity contribution >= 4 is 10.0 Å². The van der Waals surface area contributed by atoms with E-state index in [0.717, 1.165) is 36.6 Å². The van der Waals surface area contributed by atoms with Gasteiger partial charge in [-0.1, -0.05) is 18.2 Å². The summed E-state index contributed by atoms with van der Waals surface area (Å²) in [5.41, 5.74) is 2.29. The summed E-state index contributed by atoms with van der Waals surface area (Å²) in [5, 5.41) is 4.44. The summed E-state index contributed by atoms with van der Waals surface area (Å²) >= 11 is 0. The fourth-order valence-corrected chi connectivity index (χ4v) is 3.99. The average Bonchev–Trinajstić information content (AvgIpc) is 3.11. The molecule has 0 aliphatic carbocycles. The Bertz CT molecular complexity index is 834. The molecular formula is C18H26N4O3S. The van der Waals surface area contributed by atoms with E-state index in [9.17, 15) is 8.42 Å². The molecule has 0 radical (unpaired) electrons. The lowest BCUT2D eigenvalue weighted by atomic mass is 10.1. The molecule has 2 heterocycles. The standard InChI is InChI=1S/C18H26N4O3S/c1-3-26(23,24)20-11-9-17-14-21(13-16-8-10-19-22(16)17)12-15-6-4-5-7-18(15)25-2/h4-8,10,17,20H,3,9,11-14H2,1-2H3. The predicted molar refractivity (Wildman–Crippen MR) is 100 cm³/mol. The van der Waals surface area contributed by atoms with E-state index in [2.05, 4.69) is 20.8 Å². The molecule has 0 saturated carbocycles. The molecule has 26 heavy (non-hydrogen) atoms. The van der Waals surface area contributed by atoms with Crippen molar-refractivity contribution in [2.24, 2.45) is 0 Å². The first-order chi connectivity index (χ1) is 12.5. The Labute approximate surface area is 155 Å². The number of rotatable bonds is 8. The summed E-state index contributed by atoms with van der Waals surface area (Å²) in [6.07, 6.45) is 2.52. The molecule has 0 saturated heterocycles. The van der Waals surface area contributed by atoms with Gasteiger partial charge in [0.2, 0.25) is 10.0 Å². The molecule has 2 aromatic rings. The van der Waals surface area contributed by atoms with Gasteiger partial charge in [0, 0.05) is 37.9 Å². The van der Waals surface area contributed by atoms with Crippen molar-refractivity contribution in [1.82, 2.24) is 19.4 Å². The summed E-state index contributed by atoms with van der Waals surface area (Å²) in [5.74, 6) is 0.990. The molecule has 3 rings (SSSR count). The minimum absolute atomic E-state index is 0.102. The first-order valence-electron chi connectivity index (χ1n) is 8.86. The molecule has 142 valence electrons. The monoisotopic (exact) mass is 378 g/mol. The zero-order chi connectivity index (χ0) is 18.6. The van der Waals surface area contributed by atoms with Crippen LogP contribution < -0.4 is 9.46 Å². The lowest BCUT2D eigenvalue weighted by Gasteiger charge is -2.34. The fourth-order valence-electron chi connectivity index (χ4n) is 3.36. The molecule has 0 bridgehead atoms. The number of nitrogens with zero attached hydrogens (tertiary/aromatic N) is 3. The minimum Gasteiger partial charge on any atom is -0.496 e. The number of hydrogen-bond acceptors (Lipinski definition) is 5. The molecule has 1 aromatic carbocycles. The van der Waals surface area contributed by atoms with E-state index in [1.807, 2.05) is 35.1 Å². The zero-order valence-electron chi connectivity index (χ0n) is 15.3. The third-order valence-corrected chi connectivity index (χ3v) is 6.12. The molecule has 0 amide bonds. The van der Waals surface area contributed by atoms with Gasteiger partial charge in [0.25, 0.3) is 0 Å². The Kier molecular flexibility index (Phi) is 5.95. The number of para-hydroxylation sites is 1. The Balaban J connectivity index is 1.69. The highest BCUT2D eigenvalue weighted by Gasteiger charge is 2.26. The van der Waals surface area contributed by atoms with E-state index in [1.165, 1.54) is 0 Å². The summed E-state index contributed by atoms with van der Waals surface area (Å²) < 4.78 is 33.5. The zero-order valence-corrected chi connectivity index (χ0v) is 16.1. The highest BCUT2D eigenvalue weighted by Crippen LogP contribution is 2.26. The largest absolute Gasteiger partial charge is 0.496 e. The Hall–Kier alpha value is -1.90. The minimum atomic E-state index is -3.17. The van der Waals surface area contributed by atoms with E-state index >= 15 is 0 Å². The molecular weight excluding hydrogens is 352 g/mol. The van der Waals surface area contributed by atoms with Crippen LogP contribution in [0.25, 0.3) is 0 Å².